The predicted octanol–water partition coefficient (Wildman–Crippen LogP) is 3.98. The Morgan fingerprint density at radius 1 is 1.05 bits per heavy atom. The third kappa shape index (κ3) is 4.10. The van der Waals surface area contributed by atoms with Crippen molar-refractivity contribution in [3.8, 4) is 5.75 Å². The summed E-state index contributed by atoms with van der Waals surface area (Å²) in [5, 5.41) is 3.40. The molecule has 0 spiro atoms. The number of hydrogen-bond donors (Lipinski definition) is 1. The molecule has 0 aliphatic carbocycles. The van der Waals surface area contributed by atoms with Gasteiger partial charge in [0.25, 0.3) is 0 Å². The van der Waals surface area contributed by atoms with E-state index in [1.807, 2.05) is 20.0 Å². The summed E-state index contributed by atoms with van der Waals surface area (Å²) in [5.41, 5.74) is 2.67. The van der Waals surface area contributed by atoms with Crippen molar-refractivity contribution in [1.29, 1.82) is 0 Å². The van der Waals surface area contributed by atoms with E-state index in [1.165, 1.54) is 11.1 Å². The molecule has 2 heteroatoms. The van der Waals surface area contributed by atoms with Gasteiger partial charge in [-0.15, -0.1) is 0 Å². The van der Waals surface area contributed by atoms with Gasteiger partial charge in [-0.1, -0.05) is 42.5 Å². The zero-order chi connectivity index (χ0) is 14.2. The number of benzene rings is 2. The van der Waals surface area contributed by atoms with Gasteiger partial charge in [-0.2, -0.15) is 0 Å². The minimum atomic E-state index is 0.395. The maximum Gasteiger partial charge on any atom is 0.119 e. The van der Waals surface area contributed by atoms with Crippen LogP contribution in [-0.2, 0) is 6.42 Å². The van der Waals surface area contributed by atoms with Gasteiger partial charge in [0.2, 0.25) is 0 Å². The SMILES string of the molecule is CCOc1cccc(CCC(NC)c2ccccc2)c1. The summed E-state index contributed by atoms with van der Waals surface area (Å²) in [4.78, 5) is 0. The average Bonchev–Trinajstić information content (AvgIpc) is 2.50. The van der Waals surface area contributed by atoms with Crippen LogP contribution in [0.1, 0.15) is 30.5 Å². The monoisotopic (exact) mass is 269 g/mol. The number of aryl methyl sites for hydroxylation is 1. The van der Waals surface area contributed by atoms with Crippen LogP contribution in [0, 0.1) is 0 Å². The maximum atomic E-state index is 5.55. The average molecular weight is 269 g/mol. The fourth-order valence-corrected chi connectivity index (χ4v) is 2.43. The van der Waals surface area contributed by atoms with Crippen molar-refractivity contribution in [3.63, 3.8) is 0 Å². The Labute approximate surface area is 121 Å². The molecule has 0 aromatic heterocycles. The third-order valence-electron chi connectivity index (χ3n) is 3.48. The Bertz CT molecular complexity index is 510. The largest absolute Gasteiger partial charge is 0.494 e. The Balaban J connectivity index is 1.98. The van der Waals surface area contributed by atoms with E-state index in [4.69, 9.17) is 4.74 Å². The Kier molecular flexibility index (Phi) is 5.63. The molecule has 106 valence electrons. The summed E-state index contributed by atoms with van der Waals surface area (Å²) in [6.45, 7) is 2.73. The molecule has 0 saturated carbocycles. The normalized spacial score (nSPS) is 12.1. The highest BCUT2D eigenvalue weighted by atomic mass is 16.5. The first-order valence-electron chi connectivity index (χ1n) is 7.27. The van der Waals surface area contributed by atoms with Crippen molar-refractivity contribution in [1.82, 2.24) is 5.32 Å². The minimum Gasteiger partial charge on any atom is -0.494 e. The zero-order valence-electron chi connectivity index (χ0n) is 12.3. The van der Waals surface area contributed by atoms with E-state index >= 15 is 0 Å². The molecule has 1 N–H and O–H groups in total. The highest BCUT2D eigenvalue weighted by Crippen LogP contribution is 2.20. The van der Waals surface area contributed by atoms with E-state index in [9.17, 15) is 0 Å². The number of rotatable bonds is 7. The highest BCUT2D eigenvalue weighted by molar-refractivity contribution is 5.29. The Morgan fingerprint density at radius 2 is 1.85 bits per heavy atom. The highest BCUT2D eigenvalue weighted by Gasteiger charge is 2.08. The quantitative estimate of drug-likeness (QED) is 0.821. The van der Waals surface area contributed by atoms with Crippen LogP contribution in [0.2, 0.25) is 0 Å². The zero-order valence-corrected chi connectivity index (χ0v) is 12.3. The van der Waals surface area contributed by atoms with Crippen LogP contribution in [-0.4, -0.2) is 13.7 Å². The molecular weight excluding hydrogens is 246 g/mol. The van der Waals surface area contributed by atoms with Gasteiger partial charge in [0.05, 0.1) is 6.61 Å². The standard InChI is InChI=1S/C18H23NO/c1-3-20-17-11-7-8-15(14-17)12-13-18(19-2)16-9-5-4-6-10-16/h4-11,14,18-19H,3,12-13H2,1-2H3. The first-order chi connectivity index (χ1) is 9.83. The molecule has 0 aliphatic heterocycles. The summed E-state index contributed by atoms with van der Waals surface area (Å²) in [6, 6.07) is 19.4. The molecule has 20 heavy (non-hydrogen) atoms. The van der Waals surface area contributed by atoms with Gasteiger partial charge in [-0.3, -0.25) is 0 Å². The smallest absolute Gasteiger partial charge is 0.119 e. The first-order valence-corrected chi connectivity index (χ1v) is 7.27. The van der Waals surface area contributed by atoms with Crippen LogP contribution < -0.4 is 10.1 Å². The summed E-state index contributed by atoms with van der Waals surface area (Å²) in [5.74, 6) is 0.964. The van der Waals surface area contributed by atoms with Crippen molar-refractivity contribution < 1.29 is 4.74 Å². The summed E-state index contributed by atoms with van der Waals surface area (Å²) < 4.78 is 5.55. The third-order valence-corrected chi connectivity index (χ3v) is 3.48. The summed E-state index contributed by atoms with van der Waals surface area (Å²) >= 11 is 0. The van der Waals surface area contributed by atoms with Crippen LogP contribution >= 0.6 is 0 Å². The molecule has 1 unspecified atom stereocenters. The van der Waals surface area contributed by atoms with Crippen LogP contribution in [0.25, 0.3) is 0 Å². The maximum absolute atomic E-state index is 5.55. The van der Waals surface area contributed by atoms with Gasteiger partial charge >= 0.3 is 0 Å². The van der Waals surface area contributed by atoms with E-state index < -0.39 is 0 Å². The molecule has 0 fully saturated rings. The van der Waals surface area contributed by atoms with Crippen LogP contribution in [0.3, 0.4) is 0 Å². The topological polar surface area (TPSA) is 21.3 Å². The fraction of sp³-hybridized carbons (Fsp3) is 0.333. The molecule has 1 atom stereocenters. The molecule has 2 rings (SSSR count). The summed E-state index contributed by atoms with van der Waals surface area (Å²) in [6.07, 6.45) is 2.12. The molecule has 0 radical (unpaired) electrons. The number of ether oxygens (including phenoxy) is 1. The van der Waals surface area contributed by atoms with Gasteiger partial charge < -0.3 is 10.1 Å². The van der Waals surface area contributed by atoms with E-state index in [-0.39, 0.29) is 0 Å². The first kappa shape index (κ1) is 14.6. The Morgan fingerprint density at radius 3 is 2.55 bits per heavy atom. The second kappa shape index (κ2) is 7.71. The molecule has 0 aliphatic rings. The van der Waals surface area contributed by atoms with Crippen molar-refractivity contribution in [2.45, 2.75) is 25.8 Å². The molecule has 0 heterocycles. The van der Waals surface area contributed by atoms with Crippen LogP contribution in [0.5, 0.6) is 5.75 Å². The van der Waals surface area contributed by atoms with Gasteiger partial charge in [0.1, 0.15) is 5.75 Å². The second-order valence-corrected chi connectivity index (χ2v) is 4.87. The minimum absolute atomic E-state index is 0.395. The van der Waals surface area contributed by atoms with Crippen LogP contribution in [0.4, 0.5) is 0 Å². The molecule has 2 aromatic carbocycles. The van der Waals surface area contributed by atoms with Gasteiger partial charge in [0.15, 0.2) is 0 Å². The lowest BCUT2D eigenvalue weighted by Crippen LogP contribution is -2.17. The van der Waals surface area contributed by atoms with E-state index in [1.54, 1.807) is 0 Å². The second-order valence-electron chi connectivity index (χ2n) is 4.87. The van der Waals surface area contributed by atoms with E-state index in [2.05, 4.69) is 53.8 Å². The molecule has 0 saturated heterocycles. The number of hydrogen-bond acceptors (Lipinski definition) is 2. The van der Waals surface area contributed by atoms with E-state index in [0.717, 1.165) is 18.6 Å². The van der Waals surface area contributed by atoms with Gasteiger partial charge in [-0.05, 0) is 50.1 Å². The fourth-order valence-electron chi connectivity index (χ4n) is 2.43. The lowest BCUT2D eigenvalue weighted by Gasteiger charge is -2.16. The van der Waals surface area contributed by atoms with Crippen molar-refractivity contribution in [2.75, 3.05) is 13.7 Å². The molecule has 0 amide bonds. The molecule has 2 nitrogen and oxygen atoms in total. The van der Waals surface area contributed by atoms with Gasteiger partial charge in [0, 0.05) is 6.04 Å². The molecular formula is C18H23NO. The summed E-state index contributed by atoms with van der Waals surface area (Å²) in [7, 11) is 2.02. The molecule has 2 aromatic rings. The molecule has 0 bridgehead atoms. The van der Waals surface area contributed by atoms with Crippen molar-refractivity contribution >= 4 is 0 Å². The van der Waals surface area contributed by atoms with Crippen molar-refractivity contribution in [2.24, 2.45) is 0 Å². The lowest BCUT2D eigenvalue weighted by molar-refractivity contribution is 0.340. The van der Waals surface area contributed by atoms with Crippen molar-refractivity contribution in [3.05, 3.63) is 65.7 Å². The number of nitrogens with one attached hydrogen (secondary N) is 1. The van der Waals surface area contributed by atoms with E-state index in [0.29, 0.717) is 12.6 Å². The predicted molar refractivity (Wildman–Crippen MR) is 84.2 cm³/mol. The lowest BCUT2D eigenvalue weighted by atomic mass is 9.99. The van der Waals surface area contributed by atoms with Crippen LogP contribution in [0.15, 0.2) is 54.6 Å². The van der Waals surface area contributed by atoms with Gasteiger partial charge in [-0.25, -0.2) is 0 Å². The Hall–Kier alpha value is -1.80.